The fourth-order valence-electron chi connectivity index (χ4n) is 1.79. The highest BCUT2D eigenvalue weighted by atomic mass is 79.9. The smallest absolute Gasteiger partial charge is 0.255 e. The van der Waals surface area contributed by atoms with Crippen molar-refractivity contribution in [3.05, 3.63) is 54.6 Å². The normalized spacial score (nSPS) is 10.6. The molecule has 6 heteroatoms. The number of carbonyl (C=O) groups excluding carboxylic acids is 1. The van der Waals surface area contributed by atoms with Crippen molar-refractivity contribution in [1.29, 1.82) is 0 Å². The third-order valence-corrected chi connectivity index (χ3v) is 5.34. The van der Waals surface area contributed by atoms with E-state index in [9.17, 15) is 4.79 Å². The third-order valence-electron chi connectivity index (χ3n) is 2.83. The van der Waals surface area contributed by atoms with Gasteiger partial charge in [-0.05, 0) is 47.1 Å². The first-order valence-electron chi connectivity index (χ1n) is 6.00. The lowest BCUT2D eigenvalue weighted by Crippen LogP contribution is -2.30. The molecule has 0 spiro atoms. The Kier molecular flexibility index (Phi) is 5.49. The zero-order valence-electron chi connectivity index (χ0n) is 10.7. The zero-order valence-corrected chi connectivity index (χ0v) is 14.6. The average Bonchev–Trinajstić information content (AvgIpc) is 2.84. The van der Waals surface area contributed by atoms with E-state index in [-0.39, 0.29) is 5.91 Å². The summed E-state index contributed by atoms with van der Waals surface area (Å²) in [6.45, 7) is 3.09. The number of amides is 1. The zero-order chi connectivity index (χ0) is 14.7. The molecule has 2 nitrogen and oxygen atoms in total. The van der Waals surface area contributed by atoms with Crippen LogP contribution in [0.5, 0.6) is 0 Å². The van der Waals surface area contributed by atoms with Crippen LogP contribution in [0.2, 0.25) is 9.36 Å². The number of halogens is 3. The van der Waals surface area contributed by atoms with Crippen LogP contribution in [-0.2, 0) is 6.54 Å². The quantitative estimate of drug-likeness (QED) is 0.674. The summed E-state index contributed by atoms with van der Waals surface area (Å²) in [5.74, 6) is -0.0803. The Morgan fingerprint density at radius 1 is 1.30 bits per heavy atom. The number of carbonyl (C=O) groups is 1. The van der Waals surface area contributed by atoms with Gasteiger partial charge in [0.15, 0.2) is 0 Å². The van der Waals surface area contributed by atoms with E-state index in [0.717, 1.165) is 13.7 Å². The molecule has 0 saturated heterocycles. The number of hydrogen-bond donors (Lipinski definition) is 0. The Morgan fingerprint density at radius 3 is 2.65 bits per heavy atom. The summed E-state index contributed by atoms with van der Waals surface area (Å²) in [6, 6.07) is 9.13. The standard InChI is InChI=1S/C14H12BrCl2NOS/c1-2-18(8-9-6-7-12(16)20-9)14(19)10-4-3-5-11(15)13(10)17/h3-7H,2,8H2,1H3. The van der Waals surface area contributed by atoms with Crippen molar-refractivity contribution in [2.45, 2.75) is 13.5 Å². The van der Waals surface area contributed by atoms with Crippen molar-refractivity contribution in [2.75, 3.05) is 6.54 Å². The Bertz CT molecular complexity index is 629. The molecule has 0 radical (unpaired) electrons. The second-order valence-corrected chi connectivity index (χ2v) is 7.16. The molecule has 0 N–H and O–H groups in total. The Hall–Kier alpha value is -0.550. The van der Waals surface area contributed by atoms with Gasteiger partial charge >= 0.3 is 0 Å². The van der Waals surface area contributed by atoms with Gasteiger partial charge in [-0.15, -0.1) is 11.3 Å². The molecule has 0 aliphatic heterocycles. The van der Waals surface area contributed by atoms with Gasteiger partial charge < -0.3 is 4.90 Å². The minimum atomic E-state index is -0.0803. The third kappa shape index (κ3) is 3.55. The molecule has 106 valence electrons. The number of benzene rings is 1. The number of hydrogen-bond acceptors (Lipinski definition) is 2. The van der Waals surface area contributed by atoms with Crippen molar-refractivity contribution < 1.29 is 4.79 Å². The molecule has 0 fully saturated rings. The molecule has 1 heterocycles. The summed E-state index contributed by atoms with van der Waals surface area (Å²) < 4.78 is 1.45. The Morgan fingerprint density at radius 2 is 2.05 bits per heavy atom. The van der Waals surface area contributed by atoms with Crippen LogP contribution < -0.4 is 0 Å². The van der Waals surface area contributed by atoms with Gasteiger partial charge in [-0.2, -0.15) is 0 Å². The minimum Gasteiger partial charge on any atom is -0.334 e. The molecule has 1 amide bonds. The highest BCUT2D eigenvalue weighted by Gasteiger charge is 2.19. The van der Waals surface area contributed by atoms with Crippen molar-refractivity contribution >= 4 is 56.4 Å². The predicted molar refractivity (Wildman–Crippen MR) is 88.9 cm³/mol. The fraction of sp³-hybridized carbons (Fsp3) is 0.214. The van der Waals surface area contributed by atoms with Gasteiger partial charge in [0.2, 0.25) is 0 Å². The second-order valence-electron chi connectivity index (χ2n) is 4.13. The average molecular weight is 393 g/mol. The van der Waals surface area contributed by atoms with Crippen LogP contribution >= 0.6 is 50.5 Å². The van der Waals surface area contributed by atoms with Gasteiger partial charge in [0.25, 0.3) is 5.91 Å². The largest absolute Gasteiger partial charge is 0.334 e. The van der Waals surface area contributed by atoms with Crippen LogP contribution in [0.25, 0.3) is 0 Å². The van der Waals surface area contributed by atoms with Crippen LogP contribution in [-0.4, -0.2) is 17.4 Å². The maximum absolute atomic E-state index is 12.6. The molecule has 0 atom stereocenters. The van der Waals surface area contributed by atoms with Crippen molar-refractivity contribution in [3.8, 4) is 0 Å². The summed E-state index contributed by atoms with van der Waals surface area (Å²) in [4.78, 5) is 15.4. The first-order valence-corrected chi connectivity index (χ1v) is 8.37. The highest BCUT2D eigenvalue weighted by Crippen LogP contribution is 2.28. The molecule has 20 heavy (non-hydrogen) atoms. The molecule has 2 aromatic rings. The number of rotatable bonds is 4. The van der Waals surface area contributed by atoms with E-state index >= 15 is 0 Å². The Balaban J connectivity index is 2.23. The van der Waals surface area contributed by atoms with Crippen LogP contribution in [0.3, 0.4) is 0 Å². The topological polar surface area (TPSA) is 20.3 Å². The maximum Gasteiger partial charge on any atom is 0.255 e. The lowest BCUT2D eigenvalue weighted by Gasteiger charge is -2.21. The Labute approximate surface area is 140 Å². The van der Waals surface area contributed by atoms with Crippen molar-refractivity contribution in [1.82, 2.24) is 4.90 Å². The molecule has 0 unspecified atom stereocenters. The molecule has 0 aliphatic rings. The predicted octanol–water partition coefficient (Wildman–Crippen LogP) is 5.48. The van der Waals surface area contributed by atoms with Gasteiger partial charge in [0.05, 0.1) is 21.5 Å². The molecule has 0 bridgehead atoms. The monoisotopic (exact) mass is 391 g/mol. The van der Waals surface area contributed by atoms with Gasteiger partial charge in [0, 0.05) is 15.9 Å². The van der Waals surface area contributed by atoms with Crippen LogP contribution in [0.1, 0.15) is 22.2 Å². The lowest BCUT2D eigenvalue weighted by atomic mass is 10.2. The molecule has 1 aromatic heterocycles. The number of thiophene rings is 1. The molecular weight excluding hydrogens is 381 g/mol. The number of nitrogens with zero attached hydrogens (tertiary/aromatic N) is 1. The molecule has 0 aliphatic carbocycles. The van der Waals surface area contributed by atoms with E-state index in [4.69, 9.17) is 23.2 Å². The summed E-state index contributed by atoms with van der Waals surface area (Å²) >= 11 is 16.9. The maximum atomic E-state index is 12.6. The summed E-state index contributed by atoms with van der Waals surface area (Å²) in [5, 5.41) is 0.445. The first-order chi connectivity index (χ1) is 9.52. The minimum absolute atomic E-state index is 0.0803. The van der Waals surface area contributed by atoms with Crippen molar-refractivity contribution in [3.63, 3.8) is 0 Å². The first kappa shape index (κ1) is 15.8. The molecule has 1 aromatic carbocycles. The molecule has 0 saturated carbocycles. The fourth-order valence-corrected chi connectivity index (χ4v) is 3.47. The van der Waals surface area contributed by atoms with E-state index in [1.54, 1.807) is 17.0 Å². The summed E-state index contributed by atoms with van der Waals surface area (Å²) in [6.07, 6.45) is 0. The SMILES string of the molecule is CCN(Cc1ccc(Cl)s1)C(=O)c1cccc(Br)c1Cl. The van der Waals surface area contributed by atoms with E-state index < -0.39 is 0 Å². The van der Waals surface area contributed by atoms with Gasteiger partial charge in [-0.1, -0.05) is 29.3 Å². The van der Waals surface area contributed by atoms with Gasteiger partial charge in [-0.3, -0.25) is 4.79 Å². The van der Waals surface area contributed by atoms with Gasteiger partial charge in [0.1, 0.15) is 0 Å². The highest BCUT2D eigenvalue weighted by molar-refractivity contribution is 9.10. The molecular formula is C14H12BrCl2NOS. The molecule has 2 rings (SSSR count). The second kappa shape index (κ2) is 6.94. The van der Waals surface area contributed by atoms with E-state index in [2.05, 4.69) is 15.9 Å². The van der Waals surface area contributed by atoms with Gasteiger partial charge in [-0.25, -0.2) is 0 Å². The summed E-state index contributed by atoms with van der Waals surface area (Å²) in [7, 11) is 0. The van der Waals surface area contributed by atoms with E-state index in [1.165, 1.54) is 11.3 Å². The van der Waals surface area contributed by atoms with E-state index in [0.29, 0.717) is 23.7 Å². The summed E-state index contributed by atoms with van der Waals surface area (Å²) in [5.41, 5.74) is 0.505. The van der Waals surface area contributed by atoms with Crippen molar-refractivity contribution in [2.24, 2.45) is 0 Å². The van der Waals surface area contributed by atoms with Crippen LogP contribution in [0.15, 0.2) is 34.8 Å². The lowest BCUT2D eigenvalue weighted by molar-refractivity contribution is 0.0754. The van der Waals surface area contributed by atoms with Crippen LogP contribution in [0, 0.1) is 0 Å². The van der Waals surface area contributed by atoms with Crippen LogP contribution in [0.4, 0.5) is 0 Å². The van der Waals surface area contributed by atoms with E-state index in [1.807, 2.05) is 25.1 Å².